The van der Waals surface area contributed by atoms with E-state index in [1.54, 1.807) is 48.5 Å². The molecule has 0 radical (unpaired) electrons. The van der Waals surface area contributed by atoms with Gasteiger partial charge < -0.3 is 15.4 Å². The lowest BCUT2D eigenvalue weighted by Crippen LogP contribution is -2.15. The van der Waals surface area contributed by atoms with E-state index in [4.69, 9.17) is 4.74 Å². The van der Waals surface area contributed by atoms with Crippen LogP contribution in [-0.4, -0.2) is 24.2 Å². The van der Waals surface area contributed by atoms with Gasteiger partial charge in [-0.25, -0.2) is 0 Å². The number of Topliss-reactive ketones (excluding diaryl/α,β-unsaturated/α-hetero) is 1. The highest BCUT2D eigenvalue weighted by atomic mass is 16.5. The summed E-state index contributed by atoms with van der Waals surface area (Å²) in [6, 6.07) is 14.0. The second kappa shape index (κ2) is 9.87. The Morgan fingerprint density at radius 2 is 1.66 bits per heavy atom. The van der Waals surface area contributed by atoms with Crippen molar-refractivity contribution in [2.75, 3.05) is 17.2 Å². The van der Waals surface area contributed by atoms with Gasteiger partial charge in [-0.15, -0.1) is 0 Å². The molecule has 0 saturated heterocycles. The van der Waals surface area contributed by atoms with E-state index in [9.17, 15) is 14.4 Å². The number of anilines is 2. The molecule has 2 N–H and O–H groups in total. The SMILES string of the molecule is CCCOc1ccc(C(=O)CCC(=O)Nc2cccc(NC(=O)C3CC3)c2)cc1. The molecule has 6 nitrogen and oxygen atoms in total. The van der Waals surface area contributed by atoms with E-state index >= 15 is 0 Å². The number of nitrogens with one attached hydrogen (secondary N) is 2. The molecule has 0 heterocycles. The Labute approximate surface area is 170 Å². The van der Waals surface area contributed by atoms with Gasteiger partial charge in [-0.2, -0.15) is 0 Å². The summed E-state index contributed by atoms with van der Waals surface area (Å²) in [7, 11) is 0. The molecule has 0 bridgehead atoms. The molecular formula is C23H26N2O4. The number of hydrogen-bond donors (Lipinski definition) is 2. The van der Waals surface area contributed by atoms with E-state index in [2.05, 4.69) is 10.6 Å². The van der Waals surface area contributed by atoms with Crippen LogP contribution >= 0.6 is 0 Å². The molecule has 0 aromatic heterocycles. The van der Waals surface area contributed by atoms with Gasteiger partial charge in [-0.1, -0.05) is 13.0 Å². The molecule has 3 rings (SSSR count). The first-order chi connectivity index (χ1) is 14.0. The van der Waals surface area contributed by atoms with Crippen LogP contribution in [0.1, 0.15) is 49.4 Å². The lowest BCUT2D eigenvalue weighted by molar-refractivity contribution is -0.117. The number of carbonyl (C=O) groups is 3. The first kappa shape index (κ1) is 20.6. The molecule has 1 saturated carbocycles. The molecule has 1 fully saturated rings. The van der Waals surface area contributed by atoms with Crippen molar-refractivity contribution in [3.05, 3.63) is 54.1 Å². The molecule has 2 aromatic rings. The van der Waals surface area contributed by atoms with E-state index in [-0.39, 0.29) is 36.4 Å². The molecule has 2 amide bonds. The van der Waals surface area contributed by atoms with E-state index in [1.807, 2.05) is 6.92 Å². The maximum Gasteiger partial charge on any atom is 0.227 e. The zero-order chi connectivity index (χ0) is 20.6. The van der Waals surface area contributed by atoms with Crippen LogP contribution in [0, 0.1) is 5.92 Å². The topological polar surface area (TPSA) is 84.5 Å². The van der Waals surface area contributed by atoms with Crippen LogP contribution in [0.5, 0.6) is 5.75 Å². The standard InChI is InChI=1S/C23H26N2O4/c1-2-14-29-20-10-8-16(9-11-20)21(26)12-13-22(27)24-18-4-3-5-19(15-18)25-23(28)17-6-7-17/h3-5,8-11,15,17H,2,6-7,12-14H2,1H3,(H,24,27)(H,25,28). The van der Waals surface area contributed by atoms with E-state index < -0.39 is 0 Å². The predicted molar refractivity (Wildman–Crippen MR) is 112 cm³/mol. The van der Waals surface area contributed by atoms with Gasteiger partial charge in [0.25, 0.3) is 0 Å². The Hall–Kier alpha value is -3.15. The minimum absolute atomic E-state index is 0.0187. The summed E-state index contributed by atoms with van der Waals surface area (Å²) in [6.45, 7) is 2.67. The fourth-order valence-corrected chi connectivity index (χ4v) is 2.82. The summed E-state index contributed by atoms with van der Waals surface area (Å²) < 4.78 is 5.50. The number of amides is 2. The molecule has 2 aromatic carbocycles. The number of ketones is 1. The summed E-state index contributed by atoms with van der Waals surface area (Å²) in [6.07, 6.45) is 3.01. The lowest BCUT2D eigenvalue weighted by atomic mass is 10.1. The Morgan fingerprint density at radius 3 is 2.31 bits per heavy atom. The van der Waals surface area contributed by atoms with Crippen molar-refractivity contribution in [1.29, 1.82) is 0 Å². The van der Waals surface area contributed by atoms with Crippen molar-refractivity contribution >= 4 is 29.0 Å². The third-order valence-corrected chi connectivity index (χ3v) is 4.59. The van der Waals surface area contributed by atoms with Crippen LogP contribution < -0.4 is 15.4 Å². The Bertz CT molecular complexity index is 873. The van der Waals surface area contributed by atoms with Crippen molar-refractivity contribution in [3.8, 4) is 5.75 Å². The van der Waals surface area contributed by atoms with Crippen molar-refractivity contribution in [1.82, 2.24) is 0 Å². The van der Waals surface area contributed by atoms with Gasteiger partial charge in [0.05, 0.1) is 6.61 Å². The fraction of sp³-hybridized carbons (Fsp3) is 0.348. The summed E-state index contributed by atoms with van der Waals surface area (Å²) in [5, 5.41) is 5.63. The van der Waals surface area contributed by atoms with Crippen LogP contribution in [0.3, 0.4) is 0 Å². The van der Waals surface area contributed by atoms with Gasteiger partial charge in [0, 0.05) is 35.7 Å². The highest BCUT2D eigenvalue weighted by Crippen LogP contribution is 2.30. The third kappa shape index (κ3) is 6.45. The highest BCUT2D eigenvalue weighted by Gasteiger charge is 2.29. The minimum Gasteiger partial charge on any atom is -0.494 e. The summed E-state index contributed by atoms with van der Waals surface area (Å²) in [5.74, 6) is 0.533. The quantitative estimate of drug-likeness (QED) is 0.584. The molecule has 1 aliphatic carbocycles. The zero-order valence-electron chi connectivity index (χ0n) is 16.6. The largest absolute Gasteiger partial charge is 0.494 e. The summed E-state index contributed by atoms with van der Waals surface area (Å²) in [5.41, 5.74) is 1.81. The maximum atomic E-state index is 12.3. The van der Waals surface area contributed by atoms with Gasteiger partial charge in [-0.3, -0.25) is 14.4 Å². The number of carbonyl (C=O) groups excluding carboxylic acids is 3. The Morgan fingerprint density at radius 1 is 0.966 bits per heavy atom. The van der Waals surface area contributed by atoms with Crippen molar-refractivity contribution < 1.29 is 19.1 Å². The third-order valence-electron chi connectivity index (χ3n) is 4.59. The fourth-order valence-electron chi connectivity index (χ4n) is 2.82. The smallest absolute Gasteiger partial charge is 0.227 e. The number of ether oxygens (including phenoxy) is 1. The Kier molecular flexibility index (Phi) is 7.00. The molecular weight excluding hydrogens is 368 g/mol. The van der Waals surface area contributed by atoms with Gasteiger partial charge in [0.15, 0.2) is 5.78 Å². The van der Waals surface area contributed by atoms with Gasteiger partial charge >= 0.3 is 0 Å². The average molecular weight is 394 g/mol. The first-order valence-corrected chi connectivity index (χ1v) is 10.0. The Balaban J connectivity index is 1.46. The zero-order valence-corrected chi connectivity index (χ0v) is 16.6. The molecule has 29 heavy (non-hydrogen) atoms. The van der Waals surface area contributed by atoms with Crippen molar-refractivity contribution in [2.24, 2.45) is 5.92 Å². The van der Waals surface area contributed by atoms with Crippen molar-refractivity contribution in [2.45, 2.75) is 39.0 Å². The minimum atomic E-state index is -0.244. The normalized spacial score (nSPS) is 12.9. The predicted octanol–water partition coefficient (Wildman–Crippen LogP) is 4.43. The monoisotopic (exact) mass is 394 g/mol. The van der Waals surface area contributed by atoms with Crippen LogP contribution in [-0.2, 0) is 9.59 Å². The van der Waals surface area contributed by atoms with Gasteiger partial charge in [0.2, 0.25) is 11.8 Å². The van der Waals surface area contributed by atoms with Gasteiger partial charge in [-0.05, 0) is 61.7 Å². The van der Waals surface area contributed by atoms with Crippen LogP contribution in [0.15, 0.2) is 48.5 Å². The maximum absolute atomic E-state index is 12.3. The molecule has 1 aliphatic rings. The van der Waals surface area contributed by atoms with Crippen LogP contribution in [0.2, 0.25) is 0 Å². The van der Waals surface area contributed by atoms with E-state index in [0.717, 1.165) is 25.0 Å². The van der Waals surface area contributed by atoms with E-state index in [0.29, 0.717) is 23.5 Å². The average Bonchev–Trinajstić information content (AvgIpc) is 3.56. The number of rotatable bonds is 10. The molecule has 0 spiro atoms. The second-order valence-electron chi connectivity index (χ2n) is 7.19. The van der Waals surface area contributed by atoms with Gasteiger partial charge in [0.1, 0.15) is 5.75 Å². The highest BCUT2D eigenvalue weighted by molar-refractivity contribution is 6.00. The molecule has 0 atom stereocenters. The molecule has 152 valence electrons. The summed E-state index contributed by atoms with van der Waals surface area (Å²) >= 11 is 0. The molecule has 0 aliphatic heterocycles. The molecule has 0 unspecified atom stereocenters. The van der Waals surface area contributed by atoms with E-state index in [1.165, 1.54) is 0 Å². The van der Waals surface area contributed by atoms with Crippen LogP contribution in [0.4, 0.5) is 11.4 Å². The second-order valence-corrected chi connectivity index (χ2v) is 7.19. The lowest BCUT2D eigenvalue weighted by Gasteiger charge is -2.09. The summed E-state index contributed by atoms with van der Waals surface area (Å²) in [4.78, 5) is 36.4. The molecule has 6 heteroatoms. The van der Waals surface area contributed by atoms with Crippen LogP contribution in [0.25, 0.3) is 0 Å². The number of benzene rings is 2. The number of hydrogen-bond acceptors (Lipinski definition) is 4. The first-order valence-electron chi connectivity index (χ1n) is 10.0. The van der Waals surface area contributed by atoms with Crippen molar-refractivity contribution in [3.63, 3.8) is 0 Å².